The number of fused-ring (bicyclic) bond motifs is 2. The predicted octanol–water partition coefficient (Wildman–Crippen LogP) is 10.2. The fourth-order valence-electron chi connectivity index (χ4n) is 7.27. The third-order valence-electron chi connectivity index (χ3n) is 10.7. The van der Waals surface area contributed by atoms with E-state index in [2.05, 4.69) is 31.1 Å². The maximum atomic E-state index is 13.9. The van der Waals surface area contributed by atoms with Crippen LogP contribution in [0.15, 0.2) is 166 Å². The summed E-state index contributed by atoms with van der Waals surface area (Å²) in [5.74, 6) is -3.65. The molecule has 0 unspecified atom stereocenters. The van der Waals surface area contributed by atoms with E-state index in [0.717, 1.165) is 0 Å². The zero-order valence-corrected chi connectivity index (χ0v) is 36.1. The molecule has 68 heavy (non-hydrogen) atoms. The lowest BCUT2D eigenvalue weighted by Crippen LogP contribution is -2.14. The molecule has 8 aromatic carbocycles. The van der Waals surface area contributed by atoms with Crippen LogP contribution in [0.25, 0.3) is 21.5 Å². The van der Waals surface area contributed by atoms with Crippen molar-refractivity contribution >= 4 is 85.1 Å². The highest BCUT2D eigenvalue weighted by molar-refractivity contribution is 6.15. The number of nitrogens with zero attached hydrogens (tertiary/aromatic N) is 4. The van der Waals surface area contributed by atoms with E-state index in [9.17, 15) is 34.2 Å². The van der Waals surface area contributed by atoms with Crippen LogP contribution < -0.4 is 31.6 Å². The number of primary amides is 2. The minimum atomic E-state index is -0.717. The van der Waals surface area contributed by atoms with Gasteiger partial charge in [0.25, 0.3) is 11.8 Å². The topological polar surface area (TPSA) is 270 Å². The zero-order valence-electron chi connectivity index (χ0n) is 36.1. The summed E-state index contributed by atoms with van der Waals surface area (Å²) in [6, 6.07) is 37.9. The van der Waals surface area contributed by atoms with Gasteiger partial charge in [0.15, 0.2) is 17.3 Å². The minimum absolute atomic E-state index is 0.0251. The van der Waals surface area contributed by atoms with Crippen LogP contribution in [-0.4, -0.2) is 53.8 Å². The number of anilines is 2. The molecule has 17 nitrogen and oxygen atoms in total. The Bertz CT molecular complexity index is 3220. The Morgan fingerprint density at radius 1 is 0.471 bits per heavy atom. The van der Waals surface area contributed by atoms with Crippen LogP contribution in [0, 0.1) is 0 Å². The number of azo groups is 2. The van der Waals surface area contributed by atoms with E-state index in [1.54, 1.807) is 84.9 Å². The number of nitrogens with one attached hydrogen (secondary N) is 2. The molecule has 8 rings (SSSR count). The molecule has 0 fully saturated rings. The van der Waals surface area contributed by atoms with Crippen LogP contribution in [0.3, 0.4) is 0 Å². The number of methoxy groups -OCH3 is 2. The standard InChI is InChI=1S/C51H38N8O9/c1-67-41-19-17-31(48(52)63)25-39(41)56-58-43-35-15-5-3-9-27(35)23-37(46(43)61)50(65)54-33-13-7-11-29(21-33)45(60)30-12-8-14-34(22-30)55-51(66)38-24-28-10-4-6-16-36(28)44(47(38)62)59-57-40-26-32(49(53)64)18-20-42(40)68-2/h3-26,61-62H,1-2H3,(H2,52,63)(H2,53,64)(H,54,65)(H,55,66). The number of hydrogen-bond acceptors (Lipinski definition) is 13. The van der Waals surface area contributed by atoms with Gasteiger partial charge in [-0.3, -0.25) is 24.0 Å². The van der Waals surface area contributed by atoms with Crippen LogP contribution >= 0.6 is 0 Å². The van der Waals surface area contributed by atoms with E-state index in [-0.39, 0.29) is 79.0 Å². The molecule has 0 aliphatic carbocycles. The molecule has 0 aliphatic rings. The van der Waals surface area contributed by atoms with Gasteiger partial charge in [-0.05, 0) is 83.6 Å². The summed E-state index contributed by atoms with van der Waals surface area (Å²) >= 11 is 0. The predicted molar refractivity (Wildman–Crippen MR) is 255 cm³/mol. The molecule has 0 saturated heterocycles. The van der Waals surface area contributed by atoms with E-state index in [1.807, 2.05) is 0 Å². The lowest BCUT2D eigenvalue weighted by atomic mass is 10.0. The maximum Gasteiger partial charge on any atom is 0.259 e. The van der Waals surface area contributed by atoms with Gasteiger partial charge in [0.1, 0.15) is 34.2 Å². The molecule has 0 radical (unpaired) electrons. The molecule has 0 heterocycles. The van der Waals surface area contributed by atoms with Crippen LogP contribution in [0.5, 0.6) is 23.0 Å². The second kappa shape index (κ2) is 19.1. The molecule has 4 amide bonds. The van der Waals surface area contributed by atoms with E-state index in [0.29, 0.717) is 21.5 Å². The molecule has 8 aromatic rings. The Kier molecular flexibility index (Phi) is 12.6. The number of hydrogen-bond donors (Lipinski definition) is 6. The van der Waals surface area contributed by atoms with Gasteiger partial charge in [-0.25, -0.2) is 0 Å². The molecule has 0 spiro atoms. The summed E-state index contributed by atoms with van der Waals surface area (Å²) in [4.78, 5) is 65.3. The molecule has 0 atom stereocenters. The van der Waals surface area contributed by atoms with Gasteiger partial charge in [-0.15, -0.1) is 20.5 Å². The first-order chi connectivity index (χ1) is 32.8. The Hall–Kier alpha value is -9.77. The highest BCUT2D eigenvalue weighted by Gasteiger charge is 2.22. The van der Waals surface area contributed by atoms with Gasteiger partial charge in [0, 0.05) is 44.4 Å². The second-order valence-electron chi connectivity index (χ2n) is 15.0. The van der Waals surface area contributed by atoms with Crippen molar-refractivity contribution in [3.8, 4) is 23.0 Å². The number of carbonyl (C=O) groups excluding carboxylic acids is 5. The lowest BCUT2D eigenvalue weighted by Gasteiger charge is -2.13. The third-order valence-corrected chi connectivity index (χ3v) is 10.7. The average Bonchev–Trinajstić information content (AvgIpc) is 3.35. The Labute approximate surface area is 386 Å². The normalized spacial score (nSPS) is 11.2. The fraction of sp³-hybridized carbons (Fsp3) is 0.0392. The molecule has 8 N–H and O–H groups in total. The molecule has 0 aliphatic heterocycles. The summed E-state index contributed by atoms with van der Waals surface area (Å²) in [6.07, 6.45) is 0. The monoisotopic (exact) mass is 906 g/mol. The SMILES string of the molecule is COc1ccc(C(N)=O)cc1N=Nc1c(O)c(C(=O)Nc2cccc(C(=O)c3cccc(NC(=O)c4cc5ccccc5c(N=Nc5cc(C(N)=O)ccc5OC)c4O)c3)c2)cc2ccccc12. The number of aromatic hydroxyl groups is 2. The van der Waals surface area contributed by atoms with Crippen molar-refractivity contribution in [2.45, 2.75) is 0 Å². The third kappa shape index (κ3) is 9.24. The zero-order chi connectivity index (χ0) is 48.1. The summed E-state index contributed by atoms with van der Waals surface area (Å²) in [5, 5.41) is 47.6. The fourth-order valence-corrected chi connectivity index (χ4v) is 7.27. The Morgan fingerprint density at radius 2 is 0.882 bits per heavy atom. The summed E-state index contributed by atoms with van der Waals surface area (Å²) in [6.45, 7) is 0. The summed E-state index contributed by atoms with van der Waals surface area (Å²) in [5.41, 5.74) is 12.0. The van der Waals surface area contributed by atoms with Crippen LogP contribution in [0.1, 0.15) is 57.4 Å². The number of rotatable bonds is 14. The van der Waals surface area contributed by atoms with Crippen molar-refractivity contribution in [1.82, 2.24) is 0 Å². The van der Waals surface area contributed by atoms with Gasteiger partial charge >= 0.3 is 0 Å². The van der Waals surface area contributed by atoms with E-state index >= 15 is 0 Å². The molecular weight excluding hydrogens is 869 g/mol. The molecular formula is C51H38N8O9. The van der Waals surface area contributed by atoms with Crippen LogP contribution in [-0.2, 0) is 0 Å². The highest BCUT2D eigenvalue weighted by Crippen LogP contribution is 2.42. The smallest absolute Gasteiger partial charge is 0.259 e. The molecule has 0 bridgehead atoms. The van der Waals surface area contributed by atoms with Gasteiger partial charge in [-0.1, -0.05) is 72.8 Å². The van der Waals surface area contributed by atoms with E-state index in [1.165, 1.54) is 74.9 Å². The van der Waals surface area contributed by atoms with Crippen molar-refractivity contribution in [2.24, 2.45) is 31.9 Å². The molecule has 336 valence electrons. The quantitative estimate of drug-likeness (QED) is 0.0447. The number of carbonyl (C=O) groups is 5. The number of ketones is 1. The minimum Gasteiger partial charge on any atom is -0.505 e. The number of benzene rings is 8. The first kappa shape index (κ1) is 44.8. The maximum absolute atomic E-state index is 13.9. The summed E-state index contributed by atoms with van der Waals surface area (Å²) < 4.78 is 10.7. The van der Waals surface area contributed by atoms with Crippen molar-refractivity contribution in [2.75, 3.05) is 24.9 Å². The first-order valence-corrected chi connectivity index (χ1v) is 20.5. The number of ether oxygens (including phenoxy) is 2. The van der Waals surface area contributed by atoms with Crippen molar-refractivity contribution in [1.29, 1.82) is 0 Å². The van der Waals surface area contributed by atoms with Crippen molar-refractivity contribution in [3.63, 3.8) is 0 Å². The summed E-state index contributed by atoms with van der Waals surface area (Å²) in [7, 11) is 2.83. The van der Waals surface area contributed by atoms with E-state index in [4.69, 9.17) is 20.9 Å². The average molecular weight is 907 g/mol. The van der Waals surface area contributed by atoms with Crippen molar-refractivity contribution in [3.05, 3.63) is 179 Å². The highest BCUT2D eigenvalue weighted by atomic mass is 16.5. The van der Waals surface area contributed by atoms with Crippen LogP contribution in [0.2, 0.25) is 0 Å². The second-order valence-corrected chi connectivity index (χ2v) is 15.0. The molecule has 0 saturated carbocycles. The number of phenolic OH excluding ortho intramolecular Hbond substituents is 2. The van der Waals surface area contributed by atoms with Gasteiger partial charge < -0.3 is 41.8 Å². The first-order valence-electron chi connectivity index (χ1n) is 20.5. The Balaban J connectivity index is 1.03. The van der Waals surface area contributed by atoms with Gasteiger partial charge in [0.05, 0.1) is 25.3 Å². The number of nitrogens with two attached hydrogens (primary N) is 2. The molecule has 17 heteroatoms. The van der Waals surface area contributed by atoms with Gasteiger partial charge in [0.2, 0.25) is 11.8 Å². The molecule has 0 aromatic heterocycles. The largest absolute Gasteiger partial charge is 0.505 e. The van der Waals surface area contributed by atoms with Crippen molar-refractivity contribution < 1.29 is 43.7 Å². The van der Waals surface area contributed by atoms with Crippen LogP contribution in [0.4, 0.5) is 34.1 Å². The Morgan fingerprint density at radius 3 is 1.28 bits per heavy atom. The number of amides is 4. The lowest BCUT2D eigenvalue weighted by molar-refractivity contribution is 0.0992. The van der Waals surface area contributed by atoms with Gasteiger partial charge in [-0.2, -0.15) is 0 Å². The van der Waals surface area contributed by atoms with E-state index < -0.39 is 40.9 Å². The number of phenols is 2.